The maximum absolute atomic E-state index is 9.94. The SMILES string of the molecule is C=C/C=C/c1cc(NCc2cccc(O)c2O)c(OC)cc1OC(=C)C. The van der Waals surface area contributed by atoms with Gasteiger partial charge in [-0.2, -0.15) is 0 Å². The fourth-order valence-electron chi connectivity index (χ4n) is 2.37. The average molecular weight is 353 g/mol. The van der Waals surface area contributed by atoms with Crippen molar-refractivity contribution in [3.05, 3.63) is 72.5 Å². The van der Waals surface area contributed by atoms with E-state index >= 15 is 0 Å². The fourth-order valence-corrected chi connectivity index (χ4v) is 2.37. The van der Waals surface area contributed by atoms with Crippen LogP contribution in [0.5, 0.6) is 23.0 Å². The Morgan fingerprint density at radius 1 is 1.23 bits per heavy atom. The van der Waals surface area contributed by atoms with Crippen molar-refractivity contribution in [3.63, 3.8) is 0 Å². The maximum Gasteiger partial charge on any atom is 0.162 e. The molecule has 0 heterocycles. The van der Waals surface area contributed by atoms with E-state index < -0.39 is 0 Å². The van der Waals surface area contributed by atoms with E-state index in [0.29, 0.717) is 35.1 Å². The van der Waals surface area contributed by atoms with Crippen molar-refractivity contribution in [1.82, 2.24) is 0 Å². The molecule has 0 aliphatic heterocycles. The number of methoxy groups -OCH3 is 1. The lowest BCUT2D eigenvalue weighted by Gasteiger charge is -2.16. The Bertz CT molecular complexity index is 840. The van der Waals surface area contributed by atoms with Gasteiger partial charge in [-0.15, -0.1) is 0 Å². The van der Waals surface area contributed by atoms with Crippen LogP contribution >= 0.6 is 0 Å². The van der Waals surface area contributed by atoms with Gasteiger partial charge in [-0.05, 0) is 19.1 Å². The smallest absolute Gasteiger partial charge is 0.162 e. The largest absolute Gasteiger partial charge is 0.504 e. The lowest BCUT2D eigenvalue weighted by molar-refractivity contribution is 0.399. The van der Waals surface area contributed by atoms with Crippen LogP contribution < -0.4 is 14.8 Å². The van der Waals surface area contributed by atoms with Crippen LogP contribution in [0, 0.1) is 0 Å². The molecule has 2 rings (SSSR count). The Balaban J connectivity index is 2.36. The minimum atomic E-state index is -0.156. The monoisotopic (exact) mass is 353 g/mol. The zero-order valence-electron chi connectivity index (χ0n) is 15.0. The fraction of sp³-hybridized carbons (Fsp3) is 0.143. The number of ether oxygens (including phenoxy) is 2. The van der Waals surface area contributed by atoms with Crippen LogP contribution in [-0.4, -0.2) is 17.3 Å². The van der Waals surface area contributed by atoms with E-state index in [0.717, 1.165) is 5.56 Å². The van der Waals surface area contributed by atoms with Gasteiger partial charge in [0.15, 0.2) is 11.5 Å². The highest BCUT2D eigenvalue weighted by atomic mass is 16.5. The Hall–Kier alpha value is -3.34. The van der Waals surface area contributed by atoms with Gasteiger partial charge in [0.05, 0.1) is 18.6 Å². The number of allylic oxidation sites excluding steroid dienone is 3. The number of hydrogen-bond donors (Lipinski definition) is 3. The quantitative estimate of drug-likeness (QED) is 0.360. The molecule has 0 saturated heterocycles. The molecule has 0 spiro atoms. The lowest BCUT2D eigenvalue weighted by Crippen LogP contribution is -2.03. The Morgan fingerprint density at radius 2 is 2.00 bits per heavy atom. The third kappa shape index (κ3) is 4.60. The number of phenolic OH excluding ortho intramolecular Hbond substituents is 2. The summed E-state index contributed by atoms with van der Waals surface area (Å²) < 4.78 is 11.1. The second kappa shape index (κ2) is 8.67. The van der Waals surface area contributed by atoms with Crippen LogP contribution in [0.25, 0.3) is 6.08 Å². The second-order valence-electron chi connectivity index (χ2n) is 5.63. The van der Waals surface area contributed by atoms with Crippen LogP contribution in [0.3, 0.4) is 0 Å². The van der Waals surface area contributed by atoms with Crippen LogP contribution in [0.1, 0.15) is 18.1 Å². The molecule has 136 valence electrons. The minimum absolute atomic E-state index is 0.145. The number of benzene rings is 2. The van der Waals surface area contributed by atoms with Crippen LogP contribution in [0.2, 0.25) is 0 Å². The highest BCUT2D eigenvalue weighted by Gasteiger charge is 2.12. The van der Waals surface area contributed by atoms with Gasteiger partial charge in [-0.25, -0.2) is 0 Å². The second-order valence-corrected chi connectivity index (χ2v) is 5.63. The first-order valence-electron chi connectivity index (χ1n) is 8.04. The van der Waals surface area contributed by atoms with Crippen LogP contribution in [-0.2, 0) is 6.54 Å². The zero-order valence-corrected chi connectivity index (χ0v) is 15.0. The molecule has 0 atom stereocenters. The van der Waals surface area contributed by atoms with Crippen molar-refractivity contribution in [2.45, 2.75) is 13.5 Å². The molecule has 5 nitrogen and oxygen atoms in total. The molecule has 0 aromatic heterocycles. The lowest BCUT2D eigenvalue weighted by atomic mass is 10.1. The molecule has 26 heavy (non-hydrogen) atoms. The molecule has 0 saturated carbocycles. The molecule has 0 radical (unpaired) electrons. The predicted molar refractivity (Wildman–Crippen MR) is 105 cm³/mol. The van der Waals surface area contributed by atoms with Crippen LogP contribution in [0.15, 0.2) is 61.4 Å². The molecule has 0 aliphatic carbocycles. The molecule has 0 fully saturated rings. The van der Waals surface area contributed by atoms with Crippen molar-refractivity contribution >= 4 is 11.8 Å². The standard InChI is InChI=1S/C21H23NO4/c1-5-6-8-15-11-17(20(25-4)12-19(15)26-14(2)3)22-13-16-9-7-10-18(23)21(16)24/h5-12,22-24H,1-2,13H2,3-4H3/b8-6+. The highest BCUT2D eigenvalue weighted by molar-refractivity contribution is 5.70. The summed E-state index contributed by atoms with van der Waals surface area (Å²) in [7, 11) is 1.57. The summed E-state index contributed by atoms with van der Waals surface area (Å²) in [6, 6.07) is 8.47. The van der Waals surface area contributed by atoms with E-state index in [1.165, 1.54) is 6.07 Å². The summed E-state index contributed by atoms with van der Waals surface area (Å²) in [5.41, 5.74) is 2.10. The van der Waals surface area contributed by atoms with E-state index in [-0.39, 0.29) is 11.5 Å². The maximum atomic E-state index is 9.94. The minimum Gasteiger partial charge on any atom is -0.504 e. The van der Waals surface area contributed by atoms with Gasteiger partial charge in [0.25, 0.3) is 0 Å². The van der Waals surface area contributed by atoms with Gasteiger partial charge in [0, 0.05) is 23.7 Å². The summed E-state index contributed by atoms with van der Waals surface area (Å²) in [5, 5.41) is 22.8. The molecule has 3 N–H and O–H groups in total. The highest BCUT2D eigenvalue weighted by Crippen LogP contribution is 2.36. The third-order valence-corrected chi connectivity index (χ3v) is 3.60. The number of nitrogens with one attached hydrogen (secondary N) is 1. The number of para-hydroxylation sites is 1. The van der Waals surface area contributed by atoms with Crippen molar-refractivity contribution in [2.75, 3.05) is 12.4 Å². The normalized spacial score (nSPS) is 10.5. The van der Waals surface area contributed by atoms with E-state index in [2.05, 4.69) is 18.5 Å². The zero-order chi connectivity index (χ0) is 19.1. The first-order chi connectivity index (χ1) is 12.5. The van der Waals surface area contributed by atoms with Crippen molar-refractivity contribution in [1.29, 1.82) is 0 Å². The predicted octanol–water partition coefficient (Wildman–Crippen LogP) is 4.83. The van der Waals surface area contributed by atoms with Crippen molar-refractivity contribution < 1.29 is 19.7 Å². The number of phenols is 2. The summed E-state index contributed by atoms with van der Waals surface area (Å²) in [5.74, 6) is 1.45. The summed E-state index contributed by atoms with van der Waals surface area (Å²) in [6.45, 7) is 9.52. The molecule has 0 unspecified atom stereocenters. The van der Waals surface area contributed by atoms with E-state index in [1.54, 1.807) is 44.4 Å². The Labute approximate surface area is 153 Å². The number of aromatic hydroxyl groups is 2. The molecular formula is C21H23NO4. The number of rotatable bonds is 8. The molecule has 0 aliphatic rings. The van der Waals surface area contributed by atoms with Gasteiger partial charge in [-0.1, -0.05) is 43.5 Å². The van der Waals surface area contributed by atoms with Crippen molar-refractivity contribution in [3.8, 4) is 23.0 Å². The first-order valence-corrected chi connectivity index (χ1v) is 8.04. The summed E-state index contributed by atoms with van der Waals surface area (Å²) in [6.07, 6.45) is 5.34. The number of hydrogen-bond acceptors (Lipinski definition) is 5. The molecule has 0 bridgehead atoms. The number of anilines is 1. The van der Waals surface area contributed by atoms with Gasteiger partial charge in [0.1, 0.15) is 11.5 Å². The van der Waals surface area contributed by atoms with Crippen LogP contribution in [0.4, 0.5) is 5.69 Å². The van der Waals surface area contributed by atoms with Crippen molar-refractivity contribution in [2.24, 2.45) is 0 Å². The Kier molecular flexibility index (Phi) is 6.33. The van der Waals surface area contributed by atoms with Gasteiger partial charge in [-0.3, -0.25) is 0 Å². The summed E-state index contributed by atoms with van der Waals surface area (Å²) >= 11 is 0. The van der Waals surface area contributed by atoms with Gasteiger partial charge >= 0.3 is 0 Å². The molecular weight excluding hydrogens is 330 g/mol. The van der Waals surface area contributed by atoms with Gasteiger partial charge < -0.3 is 25.0 Å². The van der Waals surface area contributed by atoms with E-state index in [9.17, 15) is 10.2 Å². The van der Waals surface area contributed by atoms with Gasteiger partial charge in [0.2, 0.25) is 0 Å². The molecule has 0 amide bonds. The summed E-state index contributed by atoms with van der Waals surface area (Å²) in [4.78, 5) is 0. The molecule has 5 heteroatoms. The average Bonchev–Trinajstić information content (AvgIpc) is 2.61. The van der Waals surface area contributed by atoms with E-state index in [4.69, 9.17) is 9.47 Å². The molecule has 2 aromatic rings. The van der Waals surface area contributed by atoms with E-state index in [1.807, 2.05) is 12.1 Å². The third-order valence-electron chi connectivity index (χ3n) is 3.60. The molecule has 2 aromatic carbocycles. The Morgan fingerprint density at radius 3 is 2.65 bits per heavy atom. The first kappa shape index (κ1) is 19.0. The topological polar surface area (TPSA) is 71.0 Å².